The minimum Gasteiger partial charge on any atom is -0.493 e. The van der Waals surface area contributed by atoms with Crippen molar-refractivity contribution in [2.75, 3.05) is 50.0 Å². The number of piperidine rings is 1. The number of aromatic amines is 1. The lowest BCUT2D eigenvalue weighted by molar-refractivity contribution is -0.123. The van der Waals surface area contributed by atoms with Crippen molar-refractivity contribution < 1.29 is 23.8 Å². The van der Waals surface area contributed by atoms with Gasteiger partial charge in [-0.05, 0) is 18.8 Å². The maximum absolute atomic E-state index is 13.2. The summed E-state index contributed by atoms with van der Waals surface area (Å²) in [5.41, 5.74) is 0.0666. The highest BCUT2D eigenvalue weighted by Crippen LogP contribution is 2.40. The maximum atomic E-state index is 13.2. The molecule has 1 aromatic heterocycles. The van der Waals surface area contributed by atoms with Crippen LogP contribution in [0.5, 0.6) is 17.2 Å². The largest absolute Gasteiger partial charge is 0.493 e. The monoisotopic (exact) mass is 471 g/mol. The standard InChI is InChI=1S/C23H29N5O6/c1-12-6-5-7-28(11-12)23-26-20-18(22(31)27-23)14(10-17(29)25-20)21(30)24-13-8-15(32-2)19(34-4)16(9-13)33-3/h8-9,12,14H,5-7,10-11H2,1-4H3,(H,24,30)(H2,25,26,27,29,31)/t12-,14+/m1/s1. The van der Waals surface area contributed by atoms with Gasteiger partial charge in [-0.1, -0.05) is 6.92 Å². The highest BCUT2D eigenvalue weighted by molar-refractivity contribution is 6.04. The Kier molecular flexibility index (Phi) is 6.62. The van der Waals surface area contributed by atoms with E-state index in [0.717, 1.165) is 25.9 Å². The number of carbonyl (C=O) groups is 2. The summed E-state index contributed by atoms with van der Waals surface area (Å²) in [5.74, 6) is 0.198. The molecule has 34 heavy (non-hydrogen) atoms. The van der Waals surface area contributed by atoms with Gasteiger partial charge >= 0.3 is 0 Å². The number of aromatic nitrogens is 2. The first-order valence-electron chi connectivity index (χ1n) is 11.1. The SMILES string of the molecule is COc1cc(NC(=O)[C@H]2CC(=O)Nc3nc(N4CCC[C@@H](C)C4)[nH]c(=O)c32)cc(OC)c1OC. The Bertz CT molecular complexity index is 1140. The maximum Gasteiger partial charge on any atom is 0.258 e. The normalized spacial score (nSPS) is 19.6. The van der Waals surface area contributed by atoms with E-state index in [4.69, 9.17) is 14.2 Å². The number of methoxy groups -OCH3 is 3. The molecule has 0 aliphatic carbocycles. The highest BCUT2D eigenvalue weighted by atomic mass is 16.5. The lowest BCUT2D eigenvalue weighted by Crippen LogP contribution is -2.40. The number of H-pyrrole nitrogens is 1. The summed E-state index contributed by atoms with van der Waals surface area (Å²) in [6, 6.07) is 3.15. The third-order valence-electron chi connectivity index (χ3n) is 6.14. The van der Waals surface area contributed by atoms with Gasteiger partial charge in [0.05, 0.1) is 32.8 Å². The van der Waals surface area contributed by atoms with E-state index in [1.54, 1.807) is 12.1 Å². The molecule has 0 radical (unpaired) electrons. The van der Waals surface area contributed by atoms with Crippen molar-refractivity contribution in [1.82, 2.24) is 9.97 Å². The topological polar surface area (TPSA) is 135 Å². The molecule has 2 atom stereocenters. The predicted molar refractivity (Wildman–Crippen MR) is 126 cm³/mol. The van der Waals surface area contributed by atoms with E-state index < -0.39 is 17.4 Å². The highest BCUT2D eigenvalue weighted by Gasteiger charge is 2.35. The van der Waals surface area contributed by atoms with Crippen molar-refractivity contribution in [1.29, 1.82) is 0 Å². The van der Waals surface area contributed by atoms with Crippen LogP contribution in [-0.2, 0) is 9.59 Å². The van der Waals surface area contributed by atoms with Crippen LogP contribution < -0.4 is 35.3 Å². The first kappa shape index (κ1) is 23.4. The van der Waals surface area contributed by atoms with Crippen LogP contribution in [0.3, 0.4) is 0 Å². The fourth-order valence-electron chi connectivity index (χ4n) is 4.50. The molecule has 4 rings (SSSR count). The molecule has 0 spiro atoms. The van der Waals surface area contributed by atoms with Crippen molar-refractivity contribution in [2.45, 2.75) is 32.1 Å². The molecule has 1 fully saturated rings. The fraction of sp³-hybridized carbons (Fsp3) is 0.478. The number of rotatable bonds is 6. The summed E-state index contributed by atoms with van der Waals surface area (Å²) >= 11 is 0. The molecule has 11 heteroatoms. The molecule has 1 saturated heterocycles. The summed E-state index contributed by atoms with van der Waals surface area (Å²) < 4.78 is 16.0. The zero-order chi connectivity index (χ0) is 24.4. The van der Waals surface area contributed by atoms with Gasteiger partial charge in [-0.3, -0.25) is 19.4 Å². The first-order chi connectivity index (χ1) is 16.3. The number of nitrogens with zero attached hydrogens (tertiary/aromatic N) is 2. The zero-order valence-electron chi connectivity index (χ0n) is 19.7. The van der Waals surface area contributed by atoms with Gasteiger partial charge in [0.1, 0.15) is 5.82 Å². The smallest absolute Gasteiger partial charge is 0.258 e. The van der Waals surface area contributed by atoms with Gasteiger partial charge in [0.2, 0.25) is 23.5 Å². The van der Waals surface area contributed by atoms with Crippen molar-refractivity contribution in [3.8, 4) is 17.2 Å². The van der Waals surface area contributed by atoms with E-state index in [2.05, 4.69) is 27.5 Å². The van der Waals surface area contributed by atoms with Crippen LogP contribution in [0.15, 0.2) is 16.9 Å². The second-order valence-corrected chi connectivity index (χ2v) is 8.55. The average molecular weight is 472 g/mol. The average Bonchev–Trinajstić information content (AvgIpc) is 2.82. The second kappa shape index (κ2) is 9.62. The van der Waals surface area contributed by atoms with Crippen molar-refractivity contribution in [3.63, 3.8) is 0 Å². The second-order valence-electron chi connectivity index (χ2n) is 8.55. The number of carbonyl (C=O) groups excluding carboxylic acids is 2. The predicted octanol–water partition coefficient (Wildman–Crippen LogP) is 2.10. The van der Waals surface area contributed by atoms with Crippen molar-refractivity contribution in [3.05, 3.63) is 28.0 Å². The molecule has 0 bridgehead atoms. The van der Waals surface area contributed by atoms with E-state index in [-0.39, 0.29) is 23.7 Å². The third kappa shape index (κ3) is 4.50. The Morgan fingerprint density at radius 1 is 1.15 bits per heavy atom. The summed E-state index contributed by atoms with van der Waals surface area (Å²) in [6.07, 6.45) is 1.94. The van der Waals surface area contributed by atoms with Crippen molar-refractivity contribution in [2.24, 2.45) is 5.92 Å². The molecule has 1 aromatic carbocycles. The molecule has 0 saturated carbocycles. The van der Waals surface area contributed by atoms with Crippen LogP contribution in [0.1, 0.15) is 37.7 Å². The number of nitrogens with one attached hydrogen (secondary N) is 3. The van der Waals surface area contributed by atoms with Gasteiger partial charge in [-0.15, -0.1) is 0 Å². The number of benzene rings is 1. The van der Waals surface area contributed by atoms with Gasteiger partial charge < -0.3 is 29.7 Å². The molecule has 2 aliphatic rings. The minimum absolute atomic E-state index is 0.123. The molecule has 182 valence electrons. The molecule has 3 N–H and O–H groups in total. The van der Waals surface area contributed by atoms with Crippen LogP contribution in [0.25, 0.3) is 0 Å². The minimum atomic E-state index is -1.01. The van der Waals surface area contributed by atoms with E-state index >= 15 is 0 Å². The van der Waals surface area contributed by atoms with Crippen LogP contribution >= 0.6 is 0 Å². The van der Waals surface area contributed by atoms with Crippen LogP contribution in [-0.4, -0.2) is 56.2 Å². The number of hydrogen-bond acceptors (Lipinski definition) is 8. The van der Waals surface area contributed by atoms with E-state index in [1.165, 1.54) is 21.3 Å². The molecule has 11 nitrogen and oxygen atoms in total. The van der Waals surface area contributed by atoms with Crippen LogP contribution in [0.2, 0.25) is 0 Å². The molecule has 0 unspecified atom stereocenters. The van der Waals surface area contributed by atoms with Crippen LogP contribution in [0.4, 0.5) is 17.5 Å². The summed E-state index contributed by atoms with van der Waals surface area (Å²) in [6.45, 7) is 3.68. The molecular weight excluding hydrogens is 442 g/mol. The summed E-state index contributed by atoms with van der Waals surface area (Å²) in [4.78, 5) is 48.0. The number of fused-ring (bicyclic) bond motifs is 1. The first-order valence-corrected chi connectivity index (χ1v) is 11.1. The number of anilines is 3. The Morgan fingerprint density at radius 3 is 2.47 bits per heavy atom. The van der Waals surface area contributed by atoms with Gasteiger partial charge in [-0.25, -0.2) is 0 Å². The Labute approximate surface area is 196 Å². The molecular formula is C23H29N5O6. The quantitative estimate of drug-likeness (QED) is 0.583. The fourth-order valence-corrected chi connectivity index (χ4v) is 4.50. The van der Waals surface area contributed by atoms with Crippen LogP contribution in [0, 0.1) is 5.92 Å². The van der Waals surface area contributed by atoms with Gasteiger partial charge in [0, 0.05) is 37.3 Å². The number of amides is 2. The molecule has 2 aliphatic heterocycles. The van der Waals surface area contributed by atoms with Crippen molar-refractivity contribution >= 4 is 29.3 Å². The zero-order valence-corrected chi connectivity index (χ0v) is 19.7. The van der Waals surface area contributed by atoms with E-state index in [0.29, 0.717) is 34.8 Å². The third-order valence-corrected chi connectivity index (χ3v) is 6.14. The lowest BCUT2D eigenvalue weighted by Gasteiger charge is -2.32. The lowest BCUT2D eigenvalue weighted by atomic mass is 9.92. The number of hydrogen-bond donors (Lipinski definition) is 3. The van der Waals surface area contributed by atoms with Gasteiger partial charge in [0.25, 0.3) is 5.56 Å². The molecule has 2 amide bonds. The molecule has 2 aromatic rings. The summed E-state index contributed by atoms with van der Waals surface area (Å²) in [7, 11) is 4.42. The van der Waals surface area contributed by atoms with Gasteiger partial charge in [0.15, 0.2) is 11.5 Å². The Morgan fingerprint density at radius 2 is 1.85 bits per heavy atom. The van der Waals surface area contributed by atoms with E-state index in [1.807, 2.05) is 4.90 Å². The Balaban J connectivity index is 1.64. The Hall–Kier alpha value is -3.76. The molecule has 3 heterocycles. The number of ether oxygens (including phenoxy) is 3. The van der Waals surface area contributed by atoms with E-state index in [9.17, 15) is 14.4 Å². The summed E-state index contributed by atoms with van der Waals surface area (Å²) in [5, 5.41) is 5.42. The van der Waals surface area contributed by atoms with Gasteiger partial charge in [-0.2, -0.15) is 4.98 Å².